The molecular formula is C18H25NO2. The number of ether oxygens (including phenoxy) is 1. The van der Waals surface area contributed by atoms with Crippen molar-refractivity contribution in [3.8, 4) is 0 Å². The number of carbonyl (C=O) groups is 1. The molecule has 114 valence electrons. The smallest absolute Gasteiger partial charge is 0.293 e. The van der Waals surface area contributed by atoms with Crippen LogP contribution in [0.4, 0.5) is 0 Å². The summed E-state index contributed by atoms with van der Waals surface area (Å²) >= 11 is 0. The van der Waals surface area contributed by atoms with Crippen molar-refractivity contribution in [1.29, 1.82) is 0 Å². The molecule has 0 bridgehead atoms. The Kier molecular flexibility index (Phi) is 12.8. The van der Waals surface area contributed by atoms with Crippen LogP contribution in [0.3, 0.4) is 0 Å². The summed E-state index contributed by atoms with van der Waals surface area (Å²) in [6, 6.07) is 21.6. The molecule has 0 aliphatic heterocycles. The minimum Gasteiger partial charge on any atom is -0.458 e. The Morgan fingerprint density at radius 1 is 0.952 bits per heavy atom. The number of carbonyl (C=O) groups excluding carboxylic acids is 1. The molecule has 0 amide bonds. The van der Waals surface area contributed by atoms with Crippen LogP contribution in [0.25, 0.3) is 0 Å². The Labute approximate surface area is 128 Å². The van der Waals surface area contributed by atoms with Gasteiger partial charge in [-0.15, -0.1) is 0 Å². The zero-order chi connectivity index (χ0) is 15.8. The van der Waals surface area contributed by atoms with E-state index in [1.807, 2.05) is 87.6 Å². The third-order valence-corrected chi connectivity index (χ3v) is 2.45. The van der Waals surface area contributed by atoms with Crippen molar-refractivity contribution in [1.82, 2.24) is 5.32 Å². The molecular weight excluding hydrogens is 262 g/mol. The Morgan fingerprint density at radius 3 is 1.76 bits per heavy atom. The first-order valence-corrected chi connectivity index (χ1v) is 7.17. The Morgan fingerprint density at radius 2 is 1.38 bits per heavy atom. The summed E-state index contributed by atoms with van der Waals surface area (Å²) in [5.74, 6) is 0. The maximum atomic E-state index is 10.2. The Bertz CT molecular complexity index is 405. The molecule has 0 unspecified atom stereocenters. The molecule has 0 aliphatic rings. The summed E-state index contributed by atoms with van der Waals surface area (Å²) in [6.45, 7) is 5.11. The SMILES string of the molecule is CC.CNC[C@@H](OC=O)c1ccccc1.c1ccccc1. The second-order valence-corrected chi connectivity index (χ2v) is 3.84. The van der Waals surface area contributed by atoms with Gasteiger partial charge in [0.2, 0.25) is 0 Å². The monoisotopic (exact) mass is 287 g/mol. The average molecular weight is 287 g/mol. The highest BCUT2D eigenvalue weighted by Crippen LogP contribution is 2.14. The van der Waals surface area contributed by atoms with E-state index in [2.05, 4.69) is 5.32 Å². The molecule has 0 spiro atoms. The molecule has 2 rings (SSSR count). The van der Waals surface area contributed by atoms with Gasteiger partial charge in [0.1, 0.15) is 6.10 Å². The molecule has 0 heterocycles. The van der Waals surface area contributed by atoms with Crippen LogP contribution >= 0.6 is 0 Å². The molecule has 0 saturated carbocycles. The van der Waals surface area contributed by atoms with Crippen molar-refractivity contribution < 1.29 is 9.53 Å². The zero-order valence-electron chi connectivity index (χ0n) is 13.0. The number of rotatable bonds is 5. The summed E-state index contributed by atoms with van der Waals surface area (Å²) in [4.78, 5) is 10.2. The third-order valence-electron chi connectivity index (χ3n) is 2.45. The van der Waals surface area contributed by atoms with E-state index in [-0.39, 0.29) is 6.10 Å². The summed E-state index contributed by atoms with van der Waals surface area (Å²) in [6.07, 6.45) is -0.191. The van der Waals surface area contributed by atoms with Gasteiger partial charge < -0.3 is 10.1 Å². The van der Waals surface area contributed by atoms with Crippen molar-refractivity contribution in [3.05, 3.63) is 72.3 Å². The maximum absolute atomic E-state index is 10.2. The van der Waals surface area contributed by atoms with Crippen molar-refractivity contribution >= 4 is 6.47 Å². The van der Waals surface area contributed by atoms with Crippen LogP contribution in [0.2, 0.25) is 0 Å². The number of hydrogen-bond acceptors (Lipinski definition) is 3. The average Bonchev–Trinajstić information content (AvgIpc) is 2.59. The number of benzene rings is 2. The Hall–Kier alpha value is -2.13. The van der Waals surface area contributed by atoms with Crippen LogP contribution in [-0.4, -0.2) is 20.1 Å². The van der Waals surface area contributed by atoms with Crippen LogP contribution in [0.1, 0.15) is 25.5 Å². The molecule has 0 aromatic heterocycles. The fourth-order valence-electron chi connectivity index (χ4n) is 1.55. The van der Waals surface area contributed by atoms with E-state index < -0.39 is 0 Å². The predicted molar refractivity (Wildman–Crippen MR) is 88.0 cm³/mol. The van der Waals surface area contributed by atoms with Crippen molar-refractivity contribution in [3.63, 3.8) is 0 Å². The molecule has 0 radical (unpaired) electrons. The number of likely N-dealkylation sites (N-methyl/N-ethyl adjacent to an activating group) is 1. The highest BCUT2D eigenvalue weighted by molar-refractivity contribution is 5.38. The molecule has 2 aromatic carbocycles. The van der Waals surface area contributed by atoms with E-state index in [1.165, 1.54) is 0 Å². The van der Waals surface area contributed by atoms with Gasteiger partial charge in [-0.25, -0.2) is 0 Å². The quantitative estimate of drug-likeness (QED) is 0.849. The Balaban J connectivity index is 0.000000416. The van der Waals surface area contributed by atoms with Gasteiger partial charge in [-0.2, -0.15) is 0 Å². The summed E-state index contributed by atoms with van der Waals surface area (Å²) < 4.78 is 4.93. The largest absolute Gasteiger partial charge is 0.458 e. The van der Waals surface area contributed by atoms with E-state index in [0.717, 1.165) is 5.56 Å². The van der Waals surface area contributed by atoms with Gasteiger partial charge in [0.15, 0.2) is 0 Å². The minimum absolute atomic E-state index is 0.191. The van der Waals surface area contributed by atoms with Gasteiger partial charge >= 0.3 is 0 Å². The van der Waals surface area contributed by atoms with Gasteiger partial charge in [0.25, 0.3) is 6.47 Å². The first-order valence-electron chi connectivity index (χ1n) is 7.17. The molecule has 0 fully saturated rings. The lowest BCUT2D eigenvalue weighted by Gasteiger charge is -2.14. The lowest BCUT2D eigenvalue weighted by atomic mass is 10.1. The second kappa shape index (κ2) is 14.3. The topological polar surface area (TPSA) is 38.3 Å². The van der Waals surface area contributed by atoms with Crippen molar-refractivity contribution in [2.75, 3.05) is 13.6 Å². The van der Waals surface area contributed by atoms with Crippen LogP contribution in [0, 0.1) is 0 Å². The van der Waals surface area contributed by atoms with Crippen LogP contribution in [0.15, 0.2) is 66.7 Å². The molecule has 3 nitrogen and oxygen atoms in total. The molecule has 0 saturated heterocycles. The van der Waals surface area contributed by atoms with E-state index >= 15 is 0 Å². The summed E-state index contributed by atoms with van der Waals surface area (Å²) in [5, 5.41) is 2.97. The van der Waals surface area contributed by atoms with Crippen LogP contribution < -0.4 is 5.32 Å². The van der Waals surface area contributed by atoms with Crippen LogP contribution in [-0.2, 0) is 9.53 Å². The van der Waals surface area contributed by atoms with Gasteiger partial charge in [-0.1, -0.05) is 80.6 Å². The van der Waals surface area contributed by atoms with E-state index in [1.54, 1.807) is 0 Å². The molecule has 0 aliphatic carbocycles. The van der Waals surface area contributed by atoms with Gasteiger partial charge in [-0.3, -0.25) is 4.79 Å². The first-order chi connectivity index (χ1) is 10.4. The molecule has 2 aromatic rings. The van der Waals surface area contributed by atoms with Crippen LogP contribution in [0.5, 0.6) is 0 Å². The molecule has 3 heteroatoms. The van der Waals surface area contributed by atoms with Gasteiger partial charge in [0, 0.05) is 6.54 Å². The normalized spacial score (nSPS) is 10.0. The highest BCUT2D eigenvalue weighted by Gasteiger charge is 2.09. The molecule has 1 N–H and O–H groups in total. The molecule has 21 heavy (non-hydrogen) atoms. The van der Waals surface area contributed by atoms with Crippen molar-refractivity contribution in [2.45, 2.75) is 20.0 Å². The lowest BCUT2D eigenvalue weighted by Crippen LogP contribution is -2.19. The second-order valence-electron chi connectivity index (χ2n) is 3.84. The fourth-order valence-corrected chi connectivity index (χ4v) is 1.55. The van der Waals surface area contributed by atoms with Gasteiger partial charge in [0.05, 0.1) is 0 Å². The fraction of sp³-hybridized carbons (Fsp3) is 0.278. The first kappa shape index (κ1) is 18.9. The third kappa shape index (κ3) is 9.41. The van der Waals surface area contributed by atoms with E-state index in [4.69, 9.17) is 4.74 Å². The van der Waals surface area contributed by atoms with E-state index in [0.29, 0.717) is 13.0 Å². The highest BCUT2D eigenvalue weighted by atomic mass is 16.5. The minimum atomic E-state index is -0.191. The number of nitrogens with one attached hydrogen (secondary N) is 1. The molecule has 1 atom stereocenters. The predicted octanol–water partition coefficient (Wildman–Crippen LogP) is 3.83. The number of hydrogen-bond donors (Lipinski definition) is 1. The van der Waals surface area contributed by atoms with Crippen molar-refractivity contribution in [2.24, 2.45) is 0 Å². The van der Waals surface area contributed by atoms with E-state index in [9.17, 15) is 4.79 Å². The standard InChI is InChI=1S/C10H13NO2.C6H6.C2H6/c1-11-7-10(13-8-12)9-5-3-2-4-6-9;1-2-4-6-5-3-1;1-2/h2-6,8,10-11H,7H2,1H3;1-6H;1-2H3/t10-;;/m1../s1. The summed E-state index contributed by atoms with van der Waals surface area (Å²) in [5.41, 5.74) is 1.00. The maximum Gasteiger partial charge on any atom is 0.293 e. The lowest BCUT2D eigenvalue weighted by molar-refractivity contribution is -0.133. The summed E-state index contributed by atoms with van der Waals surface area (Å²) in [7, 11) is 1.82. The zero-order valence-corrected chi connectivity index (χ0v) is 13.0. The van der Waals surface area contributed by atoms with Gasteiger partial charge in [-0.05, 0) is 12.6 Å².